The van der Waals surface area contributed by atoms with E-state index >= 15 is 0 Å². The van der Waals surface area contributed by atoms with Crippen LogP contribution in [0.25, 0.3) is 11.1 Å². The minimum absolute atomic E-state index is 0.0881. The number of nitrogens with zero attached hydrogens (tertiary/aromatic N) is 2. The molecule has 1 aliphatic carbocycles. The smallest absolute Gasteiger partial charge is 0.268 e. The van der Waals surface area contributed by atoms with Gasteiger partial charge in [-0.1, -0.05) is 24.3 Å². The van der Waals surface area contributed by atoms with E-state index < -0.39 is 5.91 Å². The number of rotatable bonds is 5. The number of phenols is 1. The standard InChI is InChI=1S/C22H24N4O3/c1-14-11-16(28)7-8-17(14)18(13-27)20-10-9-19(15-5-3-2-4-6-15)26(20)12-21(29)25-22(23)24/h3,5-11,13,27-28H,2,4,12H2,1H3,(H4,23,24,25,29)/b18-13+. The highest BCUT2D eigenvalue weighted by Crippen LogP contribution is 2.32. The van der Waals surface area contributed by atoms with Crippen molar-refractivity contribution >= 4 is 23.0 Å². The topological polar surface area (TPSA) is 127 Å². The Morgan fingerprint density at radius 1 is 1.24 bits per heavy atom. The van der Waals surface area contributed by atoms with Crippen molar-refractivity contribution < 1.29 is 15.0 Å². The molecule has 29 heavy (non-hydrogen) atoms. The van der Waals surface area contributed by atoms with Crippen LogP contribution < -0.4 is 11.5 Å². The summed E-state index contributed by atoms with van der Waals surface area (Å²) in [6.07, 6.45) is 9.09. The van der Waals surface area contributed by atoms with Gasteiger partial charge in [0.15, 0.2) is 5.96 Å². The Morgan fingerprint density at radius 2 is 2.03 bits per heavy atom. The number of phenolic OH excluding ortho intramolecular Hbond substituents is 1. The van der Waals surface area contributed by atoms with Crippen molar-refractivity contribution in [2.75, 3.05) is 0 Å². The van der Waals surface area contributed by atoms with Gasteiger partial charge in [0.1, 0.15) is 12.3 Å². The van der Waals surface area contributed by atoms with E-state index in [2.05, 4.69) is 17.1 Å². The molecule has 0 fully saturated rings. The Hall–Kier alpha value is -3.74. The van der Waals surface area contributed by atoms with Crippen LogP contribution >= 0.6 is 0 Å². The summed E-state index contributed by atoms with van der Waals surface area (Å²) in [4.78, 5) is 16.0. The molecule has 2 aromatic rings. The summed E-state index contributed by atoms with van der Waals surface area (Å²) in [7, 11) is 0. The highest BCUT2D eigenvalue weighted by molar-refractivity contribution is 5.92. The van der Waals surface area contributed by atoms with Crippen molar-refractivity contribution in [3.05, 3.63) is 77.3 Å². The first-order valence-corrected chi connectivity index (χ1v) is 9.24. The predicted molar refractivity (Wildman–Crippen MR) is 114 cm³/mol. The number of aromatic nitrogens is 1. The van der Waals surface area contributed by atoms with E-state index in [-0.39, 0.29) is 18.3 Å². The van der Waals surface area contributed by atoms with Gasteiger partial charge in [-0.15, -0.1) is 0 Å². The van der Waals surface area contributed by atoms with Crippen LogP contribution in [-0.4, -0.2) is 26.6 Å². The van der Waals surface area contributed by atoms with Crippen molar-refractivity contribution in [2.24, 2.45) is 16.5 Å². The van der Waals surface area contributed by atoms with Gasteiger partial charge in [0.2, 0.25) is 0 Å². The second kappa shape index (κ2) is 8.52. The molecule has 7 heteroatoms. The lowest BCUT2D eigenvalue weighted by molar-refractivity contribution is -0.118. The van der Waals surface area contributed by atoms with Crippen LogP contribution in [0.3, 0.4) is 0 Å². The van der Waals surface area contributed by atoms with Gasteiger partial charge in [-0.25, -0.2) is 0 Å². The number of allylic oxidation sites excluding steroid dienone is 4. The van der Waals surface area contributed by atoms with Gasteiger partial charge >= 0.3 is 0 Å². The highest BCUT2D eigenvalue weighted by atomic mass is 16.3. The molecule has 0 bridgehead atoms. The van der Waals surface area contributed by atoms with Crippen molar-refractivity contribution in [1.82, 2.24) is 4.57 Å². The summed E-state index contributed by atoms with van der Waals surface area (Å²) >= 11 is 0. The average Bonchev–Trinajstić information content (AvgIpc) is 3.07. The molecule has 0 saturated heterocycles. The number of aliphatic hydroxyl groups is 1. The molecule has 150 valence electrons. The van der Waals surface area contributed by atoms with Crippen LogP contribution in [0.2, 0.25) is 0 Å². The van der Waals surface area contributed by atoms with Gasteiger partial charge in [-0.2, -0.15) is 4.99 Å². The Bertz CT molecular complexity index is 1050. The predicted octanol–water partition coefficient (Wildman–Crippen LogP) is 2.98. The maximum absolute atomic E-state index is 12.3. The first-order valence-electron chi connectivity index (χ1n) is 9.24. The molecule has 0 radical (unpaired) electrons. The first-order chi connectivity index (χ1) is 13.9. The lowest BCUT2D eigenvalue weighted by atomic mass is 9.98. The van der Waals surface area contributed by atoms with E-state index in [9.17, 15) is 15.0 Å². The van der Waals surface area contributed by atoms with Crippen LogP contribution in [0.4, 0.5) is 0 Å². The summed E-state index contributed by atoms with van der Waals surface area (Å²) in [5.41, 5.74) is 15.2. The van der Waals surface area contributed by atoms with Crippen LogP contribution in [0.15, 0.2) is 59.8 Å². The van der Waals surface area contributed by atoms with Crippen LogP contribution in [0.5, 0.6) is 5.75 Å². The highest BCUT2D eigenvalue weighted by Gasteiger charge is 2.19. The van der Waals surface area contributed by atoms with E-state index in [4.69, 9.17) is 11.5 Å². The minimum Gasteiger partial charge on any atom is -0.515 e. The Balaban J connectivity index is 2.13. The van der Waals surface area contributed by atoms with Gasteiger partial charge in [-0.3, -0.25) is 4.79 Å². The van der Waals surface area contributed by atoms with Gasteiger partial charge in [0, 0.05) is 11.3 Å². The fraction of sp³-hybridized carbons (Fsp3) is 0.182. The fourth-order valence-corrected chi connectivity index (χ4v) is 3.47. The van der Waals surface area contributed by atoms with Gasteiger partial charge in [-0.05, 0) is 60.7 Å². The molecule has 6 N–H and O–H groups in total. The number of hydrogen-bond donors (Lipinski definition) is 4. The number of guanidine groups is 1. The van der Waals surface area contributed by atoms with Crippen molar-refractivity contribution in [3.8, 4) is 5.75 Å². The summed E-state index contributed by atoms with van der Waals surface area (Å²) in [5, 5.41) is 19.7. The minimum atomic E-state index is -0.496. The number of hydrogen-bond acceptors (Lipinski definition) is 3. The number of nitrogens with two attached hydrogens (primary N) is 2. The fourth-order valence-electron chi connectivity index (χ4n) is 3.47. The summed E-state index contributed by atoms with van der Waals surface area (Å²) in [5.74, 6) is -0.654. The molecule has 1 aromatic heterocycles. The zero-order valence-electron chi connectivity index (χ0n) is 16.2. The zero-order chi connectivity index (χ0) is 21.0. The number of aromatic hydroxyl groups is 1. The number of benzene rings is 1. The molecule has 1 aliphatic rings. The monoisotopic (exact) mass is 392 g/mol. The lowest BCUT2D eigenvalue weighted by Crippen LogP contribution is -2.25. The molecule has 3 rings (SSSR count). The largest absolute Gasteiger partial charge is 0.515 e. The molecule has 0 aliphatic heterocycles. The van der Waals surface area contributed by atoms with E-state index in [1.165, 1.54) is 0 Å². The second-order valence-corrected chi connectivity index (χ2v) is 6.80. The second-order valence-electron chi connectivity index (χ2n) is 6.80. The van der Waals surface area contributed by atoms with Gasteiger partial charge < -0.3 is 26.2 Å². The molecule has 0 spiro atoms. The van der Waals surface area contributed by atoms with E-state index in [0.29, 0.717) is 11.3 Å². The molecule has 0 saturated carbocycles. The van der Waals surface area contributed by atoms with Crippen LogP contribution in [0.1, 0.15) is 35.4 Å². The Labute approximate surface area is 169 Å². The summed E-state index contributed by atoms with van der Waals surface area (Å²) < 4.78 is 1.78. The summed E-state index contributed by atoms with van der Waals surface area (Å²) in [6.45, 7) is 1.75. The number of carbonyl (C=O) groups excluding carboxylic acids is 1. The SMILES string of the molecule is Cc1cc(O)ccc1/C(=C\O)c1ccc(C2=CCCC=C2)n1CC(=O)N=C(N)N. The molecule has 1 aromatic carbocycles. The molecule has 0 atom stereocenters. The van der Waals surface area contributed by atoms with Crippen LogP contribution in [0, 0.1) is 6.92 Å². The van der Waals surface area contributed by atoms with Gasteiger partial charge in [0.05, 0.1) is 12.0 Å². The molecule has 1 heterocycles. The molecule has 1 amide bonds. The lowest BCUT2D eigenvalue weighted by Gasteiger charge is -2.17. The summed E-state index contributed by atoms with van der Waals surface area (Å²) in [6, 6.07) is 8.64. The molecular weight excluding hydrogens is 368 g/mol. The van der Waals surface area contributed by atoms with Crippen molar-refractivity contribution in [1.29, 1.82) is 0 Å². The first kappa shape index (κ1) is 20.0. The normalized spacial score (nSPS) is 13.8. The van der Waals surface area contributed by atoms with E-state index in [1.807, 2.05) is 25.1 Å². The third-order valence-corrected chi connectivity index (χ3v) is 4.72. The van der Waals surface area contributed by atoms with Gasteiger partial charge in [0.25, 0.3) is 5.91 Å². The molecular formula is C22H24N4O3. The average molecular weight is 392 g/mol. The number of aliphatic hydroxyl groups excluding tert-OH is 1. The molecule has 7 nitrogen and oxygen atoms in total. The number of carbonyl (C=O) groups is 1. The number of aliphatic imine (C=N–C) groups is 1. The van der Waals surface area contributed by atoms with E-state index in [1.54, 1.807) is 22.8 Å². The third kappa shape index (κ3) is 4.40. The number of amides is 1. The maximum Gasteiger partial charge on any atom is 0.268 e. The molecule has 0 unspecified atom stereocenters. The van der Waals surface area contributed by atoms with Crippen LogP contribution in [-0.2, 0) is 11.3 Å². The quantitative estimate of drug-likeness (QED) is 0.353. The van der Waals surface area contributed by atoms with E-state index in [0.717, 1.165) is 41.5 Å². The number of aryl methyl sites for hydroxylation is 1. The Morgan fingerprint density at radius 3 is 2.66 bits per heavy atom. The third-order valence-electron chi connectivity index (χ3n) is 4.72. The van der Waals surface area contributed by atoms with Crippen molar-refractivity contribution in [3.63, 3.8) is 0 Å². The maximum atomic E-state index is 12.3. The van der Waals surface area contributed by atoms with Crippen molar-refractivity contribution in [2.45, 2.75) is 26.3 Å². The zero-order valence-corrected chi connectivity index (χ0v) is 16.2. The Kier molecular flexibility index (Phi) is 5.87.